The van der Waals surface area contributed by atoms with Crippen LogP contribution >= 0.6 is 11.3 Å². The molecule has 1 fully saturated rings. The highest BCUT2D eigenvalue weighted by Crippen LogP contribution is 2.29. The zero-order chi connectivity index (χ0) is 22.3. The molecular weight excluding hydrogens is 414 g/mol. The summed E-state index contributed by atoms with van der Waals surface area (Å²) in [4.78, 5) is 29.2. The highest BCUT2D eigenvalue weighted by atomic mass is 32.1. The maximum absolute atomic E-state index is 13.1. The van der Waals surface area contributed by atoms with Crippen LogP contribution < -0.4 is 10.9 Å². The Balaban J connectivity index is 1.57. The zero-order valence-corrected chi connectivity index (χ0v) is 19.4. The molecule has 4 rings (SSSR count). The van der Waals surface area contributed by atoms with E-state index in [2.05, 4.69) is 28.3 Å². The number of aryl methyl sites for hydroxylation is 1. The summed E-state index contributed by atoms with van der Waals surface area (Å²) in [6.07, 6.45) is 1.48. The molecule has 2 N–H and O–H groups in total. The molecule has 168 valence electrons. The Hall–Kier alpha value is -2.23. The first-order chi connectivity index (χ1) is 14.7. The Bertz CT molecular complexity index is 1160. The predicted molar refractivity (Wildman–Crippen MR) is 123 cm³/mol. The number of thiophene rings is 1. The van der Waals surface area contributed by atoms with Crippen LogP contribution in [0, 0.1) is 6.92 Å². The summed E-state index contributed by atoms with van der Waals surface area (Å²) >= 11 is 1.66. The highest BCUT2D eigenvalue weighted by Gasteiger charge is 2.23. The van der Waals surface area contributed by atoms with Gasteiger partial charge in [0.1, 0.15) is 17.9 Å². The van der Waals surface area contributed by atoms with Crippen LogP contribution in [0.2, 0.25) is 0 Å². The number of nitrogens with zero attached hydrogens (tertiary/aromatic N) is 4. The summed E-state index contributed by atoms with van der Waals surface area (Å²) in [6, 6.07) is 4.01. The molecule has 3 aromatic rings. The molecule has 1 amide bonds. The van der Waals surface area contributed by atoms with Crippen molar-refractivity contribution in [1.82, 2.24) is 24.4 Å². The van der Waals surface area contributed by atoms with Crippen molar-refractivity contribution in [3.8, 4) is 0 Å². The van der Waals surface area contributed by atoms with Gasteiger partial charge < -0.3 is 10.4 Å². The lowest BCUT2D eigenvalue weighted by Gasteiger charge is -2.33. The first kappa shape index (κ1) is 22.0. The SMILES string of the molecule is Cc1cc2c(cc3c(=O)n(CC(=O)N[C@@H]4CCCN(C[C@@H](C)O)C4)nc(C(C)C)n32)s1. The number of hydrogen-bond donors (Lipinski definition) is 2. The zero-order valence-electron chi connectivity index (χ0n) is 18.6. The fourth-order valence-corrected chi connectivity index (χ4v) is 5.41. The van der Waals surface area contributed by atoms with E-state index in [1.54, 1.807) is 18.3 Å². The molecule has 1 aliphatic rings. The van der Waals surface area contributed by atoms with Gasteiger partial charge in [-0.25, -0.2) is 4.68 Å². The fourth-order valence-electron chi connectivity index (χ4n) is 4.47. The summed E-state index contributed by atoms with van der Waals surface area (Å²) in [7, 11) is 0. The Labute approximate surface area is 185 Å². The van der Waals surface area contributed by atoms with Gasteiger partial charge in [-0.05, 0) is 45.4 Å². The predicted octanol–water partition coefficient (Wildman–Crippen LogP) is 2.10. The third-order valence-corrected chi connectivity index (χ3v) is 6.71. The van der Waals surface area contributed by atoms with Crippen LogP contribution in [-0.4, -0.2) is 61.9 Å². The largest absolute Gasteiger partial charge is 0.392 e. The van der Waals surface area contributed by atoms with Crippen LogP contribution in [0.3, 0.4) is 0 Å². The van der Waals surface area contributed by atoms with Crippen LogP contribution in [-0.2, 0) is 11.3 Å². The minimum atomic E-state index is -0.390. The number of nitrogens with one attached hydrogen (secondary N) is 1. The summed E-state index contributed by atoms with van der Waals surface area (Å²) in [5.41, 5.74) is 1.32. The van der Waals surface area contributed by atoms with E-state index >= 15 is 0 Å². The van der Waals surface area contributed by atoms with Crippen LogP contribution in [0.15, 0.2) is 16.9 Å². The first-order valence-corrected chi connectivity index (χ1v) is 11.8. The number of aliphatic hydroxyl groups is 1. The van der Waals surface area contributed by atoms with Gasteiger partial charge in [0.05, 0.1) is 16.3 Å². The molecule has 31 heavy (non-hydrogen) atoms. The number of likely N-dealkylation sites (tertiary alicyclic amines) is 1. The third-order valence-electron chi connectivity index (χ3n) is 5.72. The molecule has 0 aromatic carbocycles. The highest BCUT2D eigenvalue weighted by molar-refractivity contribution is 7.19. The van der Waals surface area contributed by atoms with Crippen molar-refractivity contribution in [2.24, 2.45) is 0 Å². The molecule has 1 saturated heterocycles. The van der Waals surface area contributed by atoms with Crippen molar-refractivity contribution in [2.75, 3.05) is 19.6 Å². The van der Waals surface area contributed by atoms with E-state index in [4.69, 9.17) is 0 Å². The molecule has 2 atom stereocenters. The summed E-state index contributed by atoms with van der Waals surface area (Å²) in [5, 5.41) is 17.3. The molecule has 3 aromatic heterocycles. The second-order valence-electron chi connectivity index (χ2n) is 8.96. The van der Waals surface area contributed by atoms with Gasteiger partial charge in [-0.15, -0.1) is 11.3 Å². The number of rotatable bonds is 6. The number of aliphatic hydroxyl groups excluding tert-OH is 1. The van der Waals surface area contributed by atoms with Crippen molar-refractivity contribution in [1.29, 1.82) is 0 Å². The maximum atomic E-state index is 13.1. The number of carbonyl (C=O) groups is 1. The van der Waals surface area contributed by atoms with E-state index in [0.29, 0.717) is 18.6 Å². The lowest BCUT2D eigenvalue weighted by Crippen LogP contribution is -2.50. The molecule has 0 saturated carbocycles. The molecule has 0 radical (unpaired) electrons. The van der Waals surface area contributed by atoms with Crippen molar-refractivity contribution in [2.45, 2.75) is 65.1 Å². The van der Waals surface area contributed by atoms with Crippen molar-refractivity contribution in [3.63, 3.8) is 0 Å². The van der Waals surface area contributed by atoms with E-state index in [1.165, 1.54) is 9.56 Å². The first-order valence-electron chi connectivity index (χ1n) is 11.0. The van der Waals surface area contributed by atoms with Gasteiger partial charge in [-0.1, -0.05) is 13.8 Å². The van der Waals surface area contributed by atoms with Gasteiger partial charge in [0.25, 0.3) is 5.56 Å². The number of β-amino-alcohol motifs (C(OH)–C–C–N with tert-alkyl or cyclic N) is 1. The average Bonchev–Trinajstić information content (AvgIpc) is 3.20. The number of aromatic nitrogens is 3. The summed E-state index contributed by atoms with van der Waals surface area (Å²) in [5.74, 6) is 0.665. The monoisotopic (exact) mass is 445 g/mol. The molecule has 1 aliphatic heterocycles. The Morgan fingerprint density at radius 3 is 2.81 bits per heavy atom. The molecule has 0 unspecified atom stereocenters. The molecule has 0 bridgehead atoms. The number of fused-ring (bicyclic) bond motifs is 3. The normalized spacial score (nSPS) is 18.8. The summed E-state index contributed by atoms with van der Waals surface area (Å²) < 4.78 is 4.29. The molecule has 0 spiro atoms. The Morgan fingerprint density at radius 2 is 2.10 bits per heavy atom. The lowest BCUT2D eigenvalue weighted by atomic mass is 10.1. The van der Waals surface area contributed by atoms with E-state index in [9.17, 15) is 14.7 Å². The standard InChI is InChI=1S/C22H31N5O3S/c1-13(2)21-24-26(22(30)18-9-19-17(27(18)21)8-15(4)31-19)12-20(29)23-16-6-5-7-25(11-16)10-14(3)28/h8-9,13-14,16,28H,5-7,10-12H2,1-4H3,(H,23,29)/t14-,16-/m1/s1. The van der Waals surface area contributed by atoms with Crippen LogP contribution in [0.1, 0.15) is 50.2 Å². The van der Waals surface area contributed by atoms with E-state index in [1.807, 2.05) is 24.3 Å². The van der Waals surface area contributed by atoms with Gasteiger partial charge in [-0.3, -0.25) is 18.9 Å². The number of piperidine rings is 1. The van der Waals surface area contributed by atoms with E-state index in [-0.39, 0.29) is 36.1 Å². The number of carbonyl (C=O) groups excluding carboxylic acids is 1. The van der Waals surface area contributed by atoms with Crippen LogP contribution in [0.4, 0.5) is 0 Å². The Kier molecular flexibility index (Phi) is 6.18. The topological polar surface area (TPSA) is 91.9 Å². The quantitative estimate of drug-likeness (QED) is 0.606. The number of hydrogen-bond acceptors (Lipinski definition) is 6. The van der Waals surface area contributed by atoms with Crippen molar-refractivity contribution in [3.05, 3.63) is 33.2 Å². The van der Waals surface area contributed by atoms with Crippen molar-refractivity contribution >= 4 is 33.0 Å². The molecule has 0 aliphatic carbocycles. The van der Waals surface area contributed by atoms with Gasteiger partial charge in [0.2, 0.25) is 5.91 Å². The fraction of sp³-hybridized carbons (Fsp3) is 0.591. The smallest absolute Gasteiger partial charge is 0.291 e. The van der Waals surface area contributed by atoms with Crippen LogP contribution in [0.25, 0.3) is 15.7 Å². The van der Waals surface area contributed by atoms with Gasteiger partial charge in [0, 0.05) is 29.9 Å². The number of amides is 1. The van der Waals surface area contributed by atoms with Gasteiger partial charge in [0.15, 0.2) is 0 Å². The summed E-state index contributed by atoms with van der Waals surface area (Å²) in [6.45, 7) is 10.1. The average molecular weight is 446 g/mol. The molecule has 4 heterocycles. The lowest BCUT2D eigenvalue weighted by molar-refractivity contribution is -0.123. The maximum Gasteiger partial charge on any atom is 0.291 e. The second kappa shape index (κ2) is 8.72. The van der Waals surface area contributed by atoms with Crippen molar-refractivity contribution < 1.29 is 9.90 Å². The Morgan fingerprint density at radius 1 is 1.32 bits per heavy atom. The molecular formula is C22H31N5O3S. The molecule has 9 heteroatoms. The van der Waals surface area contributed by atoms with E-state index in [0.717, 1.165) is 35.4 Å². The van der Waals surface area contributed by atoms with Gasteiger partial charge in [-0.2, -0.15) is 5.10 Å². The third kappa shape index (κ3) is 4.53. The van der Waals surface area contributed by atoms with Gasteiger partial charge >= 0.3 is 0 Å². The van der Waals surface area contributed by atoms with Crippen LogP contribution in [0.5, 0.6) is 0 Å². The molecule has 8 nitrogen and oxygen atoms in total. The minimum absolute atomic E-state index is 0.0191. The second-order valence-corrected chi connectivity index (χ2v) is 10.3. The minimum Gasteiger partial charge on any atom is -0.392 e. The van der Waals surface area contributed by atoms with E-state index < -0.39 is 0 Å².